The normalized spacial score (nSPS) is 12.5. The smallest absolute Gasteiger partial charge is 0.138 e. The van der Waals surface area contributed by atoms with Crippen molar-refractivity contribution in [1.29, 1.82) is 0 Å². The minimum atomic E-state index is -0.362. The van der Waals surface area contributed by atoms with Crippen molar-refractivity contribution >= 4 is 39.1 Å². The summed E-state index contributed by atoms with van der Waals surface area (Å²) in [4.78, 5) is 0. The van der Waals surface area contributed by atoms with E-state index in [0.717, 1.165) is 27.8 Å². The van der Waals surface area contributed by atoms with Gasteiger partial charge in [-0.25, -0.2) is 0 Å². The lowest BCUT2D eigenvalue weighted by Crippen LogP contribution is -1.99. The van der Waals surface area contributed by atoms with Crippen LogP contribution in [0.4, 0.5) is 0 Å². The third-order valence-electron chi connectivity index (χ3n) is 2.89. The molecule has 0 aliphatic heterocycles. The van der Waals surface area contributed by atoms with Crippen LogP contribution in [0.15, 0.2) is 33.4 Å². The summed E-state index contributed by atoms with van der Waals surface area (Å²) in [6.45, 7) is 2.02. The SMILES string of the molecule is CCc1occc1C(Cl)c1cc(Cl)cc(Br)c1OC. The van der Waals surface area contributed by atoms with Crippen molar-refractivity contribution in [2.24, 2.45) is 0 Å². The van der Waals surface area contributed by atoms with E-state index in [-0.39, 0.29) is 5.38 Å². The van der Waals surface area contributed by atoms with Crippen LogP contribution in [0.3, 0.4) is 0 Å². The van der Waals surface area contributed by atoms with Gasteiger partial charge in [-0.1, -0.05) is 18.5 Å². The maximum absolute atomic E-state index is 6.57. The number of methoxy groups -OCH3 is 1. The van der Waals surface area contributed by atoms with Gasteiger partial charge in [0.2, 0.25) is 0 Å². The Morgan fingerprint density at radius 2 is 2.11 bits per heavy atom. The van der Waals surface area contributed by atoms with E-state index >= 15 is 0 Å². The number of ether oxygens (including phenoxy) is 1. The van der Waals surface area contributed by atoms with Gasteiger partial charge in [-0.15, -0.1) is 11.6 Å². The fourth-order valence-electron chi connectivity index (χ4n) is 2.02. The zero-order valence-electron chi connectivity index (χ0n) is 10.5. The zero-order chi connectivity index (χ0) is 14.0. The number of hydrogen-bond acceptors (Lipinski definition) is 2. The third kappa shape index (κ3) is 2.93. The summed E-state index contributed by atoms with van der Waals surface area (Å²) in [5, 5.41) is 0.244. The zero-order valence-corrected chi connectivity index (χ0v) is 13.6. The Hall–Kier alpha value is -0.640. The maximum atomic E-state index is 6.57. The maximum Gasteiger partial charge on any atom is 0.138 e. The fourth-order valence-corrected chi connectivity index (χ4v) is 3.37. The van der Waals surface area contributed by atoms with Gasteiger partial charge in [0.15, 0.2) is 0 Å². The average molecular weight is 364 g/mol. The van der Waals surface area contributed by atoms with Crippen LogP contribution in [-0.2, 0) is 6.42 Å². The molecule has 0 aliphatic carbocycles. The van der Waals surface area contributed by atoms with Crippen molar-refractivity contribution in [3.05, 3.63) is 50.8 Å². The highest BCUT2D eigenvalue weighted by molar-refractivity contribution is 9.10. The Morgan fingerprint density at radius 1 is 1.37 bits per heavy atom. The molecular formula is C14H13BrCl2O2. The predicted octanol–water partition coefficient (Wildman–Crippen LogP) is 5.59. The highest BCUT2D eigenvalue weighted by Gasteiger charge is 2.22. The largest absolute Gasteiger partial charge is 0.495 e. The molecule has 2 nitrogen and oxygen atoms in total. The standard InChI is InChI=1S/C14H13BrCl2O2/c1-3-12-9(4-5-19-12)13(17)10-6-8(16)7-11(15)14(10)18-2/h4-7,13H,3H2,1-2H3. The summed E-state index contributed by atoms with van der Waals surface area (Å²) in [6, 6.07) is 5.48. The van der Waals surface area contributed by atoms with Gasteiger partial charge >= 0.3 is 0 Å². The molecule has 2 rings (SSSR count). The molecular weight excluding hydrogens is 351 g/mol. The lowest BCUT2D eigenvalue weighted by Gasteiger charge is -2.16. The monoisotopic (exact) mass is 362 g/mol. The molecule has 1 aromatic carbocycles. The van der Waals surface area contributed by atoms with Gasteiger partial charge in [0, 0.05) is 22.6 Å². The summed E-state index contributed by atoms with van der Waals surface area (Å²) in [7, 11) is 1.61. The Balaban J connectivity index is 2.52. The second-order valence-corrected chi connectivity index (χ2v) is 5.75. The van der Waals surface area contributed by atoms with E-state index in [1.54, 1.807) is 19.4 Å². The second kappa shape index (κ2) is 6.21. The molecule has 1 aromatic heterocycles. The summed E-state index contributed by atoms with van der Waals surface area (Å²) in [6.07, 6.45) is 2.44. The first-order chi connectivity index (χ1) is 9.08. The molecule has 0 aliphatic rings. The van der Waals surface area contributed by atoms with E-state index in [1.165, 1.54) is 0 Å². The first-order valence-corrected chi connectivity index (χ1v) is 7.42. The van der Waals surface area contributed by atoms with E-state index in [4.69, 9.17) is 32.4 Å². The summed E-state index contributed by atoms with van der Waals surface area (Å²) >= 11 is 16.1. The van der Waals surface area contributed by atoms with Crippen LogP contribution in [0.25, 0.3) is 0 Å². The van der Waals surface area contributed by atoms with Crippen molar-refractivity contribution < 1.29 is 9.15 Å². The van der Waals surface area contributed by atoms with E-state index in [1.807, 2.05) is 19.1 Å². The number of hydrogen-bond donors (Lipinski definition) is 0. The molecule has 0 radical (unpaired) electrons. The highest BCUT2D eigenvalue weighted by Crippen LogP contribution is 2.42. The Kier molecular flexibility index (Phi) is 4.82. The minimum Gasteiger partial charge on any atom is -0.495 e. The number of halogens is 3. The molecule has 102 valence electrons. The van der Waals surface area contributed by atoms with E-state index < -0.39 is 0 Å². The van der Waals surface area contributed by atoms with E-state index in [0.29, 0.717) is 10.8 Å². The van der Waals surface area contributed by atoms with Gasteiger partial charge in [0.1, 0.15) is 11.5 Å². The molecule has 5 heteroatoms. The van der Waals surface area contributed by atoms with Crippen molar-refractivity contribution in [3.63, 3.8) is 0 Å². The van der Waals surface area contributed by atoms with Crippen molar-refractivity contribution in [2.75, 3.05) is 7.11 Å². The predicted molar refractivity (Wildman–Crippen MR) is 81.5 cm³/mol. The number of rotatable bonds is 4. The summed E-state index contributed by atoms with van der Waals surface area (Å²) in [5.74, 6) is 1.56. The van der Waals surface area contributed by atoms with Gasteiger partial charge in [0.05, 0.1) is 23.2 Å². The topological polar surface area (TPSA) is 22.4 Å². The van der Waals surface area contributed by atoms with E-state index in [2.05, 4.69) is 15.9 Å². The van der Waals surface area contributed by atoms with Crippen LogP contribution in [-0.4, -0.2) is 7.11 Å². The Bertz CT molecular complexity index is 581. The number of aryl methyl sites for hydroxylation is 1. The molecule has 19 heavy (non-hydrogen) atoms. The molecule has 0 fully saturated rings. The molecule has 0 bridgehead atoms. The van der Waals surface area contributed by atoms with Crippen molar-refractivity contribution in [3.8, 4) is 5.75 Å². The molecule has 0 amide bonds. The van der Waals surface area contributed by atoms with Gasteiger partial charge in [-0.05, 0) is 34.1 Å². The molecule has 1 unspecified atom stereocenters. The molecule has 2 aromatic rings. The number of benzene rings is 1. The summed E-state index contributed by atoms with van der Waals surface area (Å²) in [5.41, 5.74) is 1.76. The van der Waals surface area contributed by atoms with Gasteiger partial charge in [0.25, 0.3) is 0 Å². The van der Waals surface area contributed by atoms with Crippen LogP contribution in [0.2, 0.25) is 5.02 Å². The van der Waals surface area contributed by atoms with Crippen LogP contribution in [0.5, 0.6) is 5.75 Å². The average Bonchev–Trinajstić information content (AvgIpc) is 2.85. The van der Waals surface area contributed by atoms with Crippen LogP contribution >= 0.6 is 39.1 Å². The Labute approximate surface area is 130 Å². The highest BCUT2D eigenvalue weighted by atomic mass is 79.9. The van der Waals surface area contributed by atoms with Gasteiger partial charge < -0.3 is 9.15 Å². The number of furan rings is 1. The molecule has 0 saturated carbocycles. The third-order valence-corrected chi connectivity index (χ3v) is 4.17. The quantitative estimate of drug-likeness (QED) is 0.660. The van der Waals surface area contributed by atoms with Crippen molar-refractivity contribution in [2.45, 2.75) is 18.7 Å². The lowest BCUT2D eigenvalue weighted by molar-refractivity contribution is 0.407. The second-order valence-electron chi connectivity index (χ2n) is 4.03. The summed E-state index contributed by atoms with van der Waals surface area (Å²) < 4.78 is 11.6. The molecule has 0 saturated heterocycles. The molecule has 1 heterocycles. The Morgan fingerprint density at radius 3 is 2.74 bits per heavy atom. The van der Waals surface area contributed by atoms with Crippen LogP contribution in [0.1, 0.15) is 29.2 Å². The first-order valence-electron chi connectivity index (χ1n) is 5.81. The van der Waals surface area contributed by atoms with Crippen LogP contribution < -0.4 is 4.74 Å². The first kappa shape index (κ1) is 14.8. The molecule has 1 atom stereocenters. The minimum absolute atomic E-state index is 0.362. The molecule has 0 N–H and O–H groups in total. The fraction of sp³-hybridized carbons (Fsp3) is 0.286. The van der Waals surface area contributed by atoms with Gasteiger partial charge in [-0.2, -0.15) is 0 Å². The molecule has 0 spiro atoms. The van der Waals surface area contributed by atoms with Gasteiger partial charge in [-0.3, -0.25) is 0 Å². The lowest BCUT2D eigenvalue weighted by atomic mass is 10.0. The van der Waals surface area contributed by atoms with Crippen molar-refractivity contribution in [1.82, 2.24) is 0 Å². The van der Waals surface area contributed by atoms with E-state index in [9.17, 15) is 0 Å². The number of alkyl halides is 1. The van der Waals surface area contributed by atoms with Crippen LogP contribution in [0, 0.1) is 0 Å².